The topological polar surface area (TPSA) is 53.2 Å². The predicted octanol–water partition coefficient (Wildman–Crippen LogP) is 2.42. The molecule has 2 aromatic rings. The van der Waals surface area contributed by atoms with Crippen molar-refractivity contribution >= 4 is 0 Å². The number of likely N-dealkylation sites (N-methyl/N-ethyl adjacent to an activating group) is 1. The van der Waals surface area contributed by atoms with Crippen molar-refractivity contribution in [2.24, 2.45) is 0 Å². The Hall–Kier alpha value is -1.85. The summed E-state index contributed by atoms with van der Waals surface area (Å²) in [6.45, 7) is 9.64. The SMILES string of the molecule is CCN(CC)CCOc1ccccc1CNCc1ncc[nH]1. The lowest BCUT2D eigenvalue weighted by atomic mass is 10.2. The molecule has 1 heterocycles. The quantitative estimate of drug-likeness (QED) is 0.708. The van der Waals surface area contributed by atoms with Gasteiger partial charge in [0.1, 0.15) is 18.2 Å². The standard InChI is InChI=1S/C17H26N4O/c1-3-21(4-2)11-12-22-16-8-6-5-7-15(16)13-18-14-17-19-9-10-20-17/h5-10,18H,3-4,11-14H2,1-2H3,(H,19,20). The monoisotopic (exact) mass is 302 g/mol. The van der Waals surface area contributed by atoms with Crippen LogP contribution in [-0.2, 0) is 13.1 Å². The lowest BCUT2D eigenvalue weighted by molar-refractivity contribution is 0.221. The number of benzene rings is 1. The molecule has 0 aliphatic heterocycles. The van der Waals surface area contributed by atoms with E-state index in [1.165, 1.54) is 5.56 Å². The molecule has 22 heavy (non-hydrogen) atoms. The third-order valence-corrected chi connectivity index (χ3v) is 3.69. The third-order valence-electron chi connectivity index (χ3n) is 3.69. The smallest absolute Gasteiger partial charge is 0.123 e. The summed E-state index contributed by atoms with van der Waals surface area (Å²) in [6.07, 6.45) is 3.60. The number of nitrogens with one attached hydrogen (secondary N) is 2. The largest absolute Gasteiger partial charge is 0.492 e. The second-order valence-electron chi connectivity index (χ2n) is 5.12. The zero-order valence-electron chi connectivity index (χ0n) is 13.5. The van der Waals surface area contributed by atoms with E-state index in [0.717, 1.165) is 50.9 Å². The highest BCUT2D eigenvalue weighted by atomic mass is 16.5. The number of hydrogen-bond donors (Lipinski definition) is 2. The molecular weight excluding hydrogens is 276 g/mol. The minimum absolute atomic E-state index is 0.719. The maximum atomic E-state index is 5.95. The Bertz CT molecular complexity index is 523. The van der Waals surface area contributed by atoms with Crippen LogP contribution in [0.2, 0.25) is 0 Å². The highest BCUT2D eigenvalue weighted by molar-refractivity contribution is 5.33. The number of imidazole rings is 1. The molecule has 1 aromatic carbocycles. The minimum atomic E-state index is 0.719. The molecule has 0 unspecified atom stereocenters. The Labute approximate surface area is 132 Å². The van der Waals surface area contributed by atoms with Crippen LogP contribution < -0.4 is 10.1 Å². The first kappa shape index (κ1) is 16.5. The van der Waals surface area contributed by atoms with E-state index in [1.54, 1.807) is 6.20 Å². The van der Waals surface area contributed by atoms with Crippen LogP contribution in [0.4, 0.5) is 0 Å². The molecule has 0 spiro atoms. The van der Waals surface area contributed by atoms with Gasteiger partial charge in [0.25, 0.3) is 0 Å². The average molecular weight is 302 g/mol. The fourth-order valence-electron chi connectivity index (χ4n) is 2.33. The fourth-order valence-corrected chi connectivity index (χ4v) is 2.33. The van der Waals surface area contributed by atoms with Gasteiger partial charge in [0.2, 0.25) is 0 Å². The van der Waals surface area contributed by atoms with Crippen molar-refractivity contribution in [1.29, 1.82) is 0 Å². The summed E-state index contributed by atoms with van der Waals surface area (Å²) < 4.78 is 5.95. The van der Waals surface area contributed by atoms with Gasteiger partial charge in [0, 0.05) is 31.0 Å². The first-order valence-electron chi connectivity index (χ1n) is 7.95. The number of para-hydroxylation sites is 1. The lowest BCUT2D eigenvalue weighted by Crippen LogP contribution is -2.28. The summed E-state index contributed by atoms with van der Waals surface area (Å²) in [5, 5.41) is 3.38. The summed E-state index contributed by atoms with van der Waals surface area (Å²) >= 11 is 0. The number of hydrogen-bond acceptors (Lipinski definition) is 4. The van der Waals surface area contributed by atoms with E-state index in [1.807, 2.05) is 24.4 Å². The van der Waals surface area contributed by atoms with Gasteiger partial charge in [-0.1, -0.05) is 32.0 Å². The van der Waals surface area contributed by atoms with Crippen molar-refractivity contribution in [2.75, 3.05) is 26.2 Å². The normalized spacial score (nSPS) is 11.0. The van der Waals surface area contributed by atoms with Gasteiger partial charge in [-0.15, -0.1) is 0 Å². The Morgan fingerprint density at radius 3 is 2.73 bits per heavy atom. The number of aromatic amines is 1. The van der Waals surface area contributed by atoms with Crippen LogP contribution in [0.5, 0.6) is 5.75 Å². The lowest BCUT2D eigenvalue weighted by Gasteiger charge is -2.19. The first-order valence-corrected chi connectivity index (χ1v) is 7.95. The molecule has 2 rings (SSSR count). The Balaban J connectivity index is 1.81. The second-order valence-corrected chi connectivity index (χ2v) is 5.12. The van der Waals surface area contributed by atoms with Gasteiger partial charge in [-0.2, -0.15) is 0 Å². The van der Waals surface area contributed by atoms with Gasteiger partial charge in [-0.3, -0.25) is 0 Å². The molecule has 0 aliphatic carbocycles. The zero-order valence-corrected chi connectivity index (χ0v) is 13.5. The van der Waals surface area contributed by atoms with E-state index in [9.17, 15) is 0 Å². The summed E-state index contributed by atoms with van der Waals surface area (Å²) in [5.41, 5.74) is 1.17. The zero-order chi connectivity index (χ0) is 15.6. The summed E-state index contributed by atoms with van der Waals surface area (Å²) in [7, 11) is 0. The van der Waals surface area contributed by atoms with Crippen LogP contribution in [0, 0.1) is 0 Å². The van der Waals surface area contributed by atoms with Gasteiger partial charge < -0.3 is 19.9 Å². The van der Waals surface area contributed by atoms with E-state index in [2.05, 4.69) is 40.1 Å². The van der Waals surface area contributed by atoms with Crippen LogP contribution in [-0.4, -0.2) is 41.1 Å². The minimum Gasteiger partial charge on any atom is -0.492 e. The number of aromatic nitrogens is 2. The van der Waals surface area contributed by atoms with Crippen LogP contribution >= 0.6 is 0 Å². The van der Waals surface area contributed by atoms with Crippen LogP contribution in [0.15, 0.2) is 36.7 Å². The van der Waals surface area contributed by atoms with Crippen LogP contribution in [0.25, 0.3) is 0 Å². The maximum absolute atomic E-state index is 5.95. The Morgan fingerprint density at radius 1 is 1.18 bits per heavy atom. The van der Waals surface area contributed by atoms with Crippen molar-refractivity contribution in [3.63, 3.8) is 0 Å². The molecule has 5 nitrogen and oxygen atoms in total. The predicted molar refractivity (Wildman–Crippen MR) is 88.9 cm³/mol. The average Bonchev–Trinajstić information content (AvgIpc) is 3.06. The number of nitrogens with zero attached hydrogens (tertiary/aromatic N) is 2. The number of ether oxygens (including phenoxy) is 1. The Morgan fingerprint density at radius 2 is 2.00 bits per heavy atom. The van der Waals surface area contributed by atoms with Crippen molar-refractivity contribution in [2.45, 2.75) is 26.9 Å². The highest BCUT2D eigenvalue weighted by Gasteiger charge is 2.04. The number of H-pyrrole nitrogens is 1. The molecule has 1 aromatic heterocycles. The molecule has 0 aliphatic rings. The highest BCUT2D eigenvalue weighted by Crippen LogP contribution is 2.17. The van der Waals surface area contributed by atoms with Gasteiger partial charge in [0.05, 0.1) is 6.54 Å². The van der Waals surface area contributed by atoms with Crippen LogP contribution in [0.3, 0.4) is 0 Å². The number of rotatable bonds is 10. The van der Waals surface area contributed by atoms with E-state index >= 15 is 0 Å². The second kappa shape index (κ2) is 9.23. The Kier molecular flexibility index (Phi) is 6.93. The van der Waals surface area contributed by atoms with E-state index in [4.69, 9.17) is 4.74 Å². The molecule has 0 saturated carbocycles. The molecular formula is C17H26N4O. The maximum Gasteiger partial charge on any atom is 0.123 e. The summed E-state index contributed by atoms with van der Waals surface area (Å²) in [6, 6.07) is 8.19. The van der Waals surface area contributed by atoms with Crippen molar-refractivity contribution in [3.05, 3.63) is 48.0 Å². The van der Waals surface area contributed by atoms with Crippen molar-refractivity contribution in [1.82, 2.24) is 20.2 Å². The third kappa shape index (κ3) is 5.16. The fraction of sp³-hybridized carbons (Fsp3) is 0.471. The molecule has 0 saturated heterocycles. The molecule has 5 heteroatoms. The molecule has 0 bridgehead atoms. The van der Waals surface area contributed by atoms with Gasteiger partial charge in [-0.25, -0.2) is 4.98 Å². The van der Waals surface area contributed by atoms with Crippen LogP contribution in [0.1, 0.15) is 25.2 Å². The first-order chi connectivity index (χ1) is 10.8. The van der Waals surface area contributed by atoms with Gasteiger partial charge in [0.15, 0.2) is 0 Å². The molecule has 0 atom stereocenters. The van der Waals surface area contributed by atoms with E-state index in [-0.39, 0.29) is 0 Å². The molecule has 0 radical (unpaired) electrons. The molecule has 120 valence electrons. The molecule has 0 fully saturated rings. The molecule has 2 N–H and O–H groups in total. The summed E-state index contributed by atoms with van der Waals surface area (Å²) in [5.74, 6) is 1.90. The van der Waals surface area contributed by atoms with Crippen molar-refractivity contribution < 1.29 is 4.74 Å². The van der Waals surface area contributed by atoms with Gasteiger partial charge >= 0.3 is 0 Å². The summed E-state index contributed by atoms with van der Waals surface area (Å²) in [4.78, 5) is 9.65. The van der Waals surface area contributed by atoms with Crippen molar-refractivity contribution in [3.8, 4) is 5.75 Å². The van der Waals surface area contributed by atoms with E-state index in [0.29, 0.717) is 0 Å². The van der Waals surface area contributed by atoms with E-state index < -0.39 is 0 Å². The molecule has 0 amide bonds. The van der Waals surface area contributed by atoms with Gasteiger partial charge in [-0.05, 0) is 19.2 Å².